The first kappa shape index (κ1) is 21.0. The van der Waals surface area contributed by atoms with E-state index in [-0.39, 0.29) is 35.9 Å². The maximum absolute atomic E-state index is 15.6. The molecule has 2 atom stereocenters. The SMILES string of the molecule is Cl.O=C(O)c1cn(C2CC2)c2c(F)c(N3CC4CCCNC4C3)c(F)c(F)c2c1=O. The molecule has 2 aromatic rings. The van der Waals surface area contributed by atoms with Crippen LogP contribution < -0.4 is 15.6 Å². The Bertz CT molecular complexity index is 1090. The first-order chi connectivity index (χ1) is 13.9. The number of aromatic carboxylic acids is 1. The van der Waals surface area contributed by atoms with E-state index in [1.54, 1.807) is 0 Å². The van der Waals surface area contributed by atoms with Gasteiger partial charge in [0.05, 0.1) is 10.9 Å². The Kier molecular flexibility index (Phi) is 5.22. The number of halogens is 4. The van der Waals surface area contributed by atoms with Crippen molar-refractivity contribution in [3.8, 4) is 0 Å². The number of hydrogen-bond donors (Lipinski definition) is 2. The van der Waals surface area contributed by atoms with Gasteiger partial charge >= 0.3 is 5.97 Å². The zero-order chi connectivity index (χ0) is 20.4. The summed E-state index contributed by atoms with van der Waals surface area (Å²) in [6.45, 7) is 1.59. The smallest absolute Gasteiger partial charge is 0.341 e. The third-order valence-electron chi connectivity index (χ3n) is 6.36. The lowest BCUT2D eigenvalue weighted by molar-refractivity contribution is 0.0694. The van der Waals surface area contributed by atoms with Gasteiger partial charge in [-0.25, -0.2) is 18.0 Å². The summed E-state index contributed by atoms with van der Waals surface area (Å²) in [6.07, 6.45) is 4.28. The van der Waals surface area contributed by atoms with Crippen molar-refractivity contribution < 1.29 is 23.1 Å². The number of rotatable bonds is 3. The van der Waals surface area contributed by atoms with Crippen molar-refractivity contribution >= 4 is 35.0 Å². The van der Waals surface area contributed by atoms with Crippen molar-refractivity contribution in [2.75, 3.05) is 24.5 Å². The number of carbonyl (C=O) groups is 1. The minimum absolute atomic E-state index is 0. The van der Waals surface area contributed by atoms with Gasteiger partial charge < -0.3 is 19.9 Å². The highest BCUT2D eigenvalue weighted by Crippen LogP contribution is 2.41. The molecule has 0 bridgehead atoms. The molecule has 2 aliphatic heterocycles. The summed E-state index contributed by atoms with van der Waals surface area (Å²) < 4.78 is 47.0. The lowest BCUT2D eigenvalue weighted by Gasteiger charge is -2.24. The first-order valence-electron chi connectivity index (χ1n) is 9.85. The molecule has 0 amide bonds. The molecule has 2 N–H and O–H groups in total. The molecule has 5 rings (SSSR count). The van der Waals surface area contributed by atoms with Gasteiger partial charge in [0, 0.05) is 31.4 Å². The molecule has 3 aliphatic rings. The Balaban J connectivity index is 0.00000218. The summed E-state index contributed by atoms with van der Waals surface area (Å²) in [5.74, 6) is -5.25. The van der Waals surface area contributed by atoms with Gasteiger partial charge in [-0.3, -0.25) is 4.79 Å². The second-order valence-corrected chi connectivity index (χ2v) is 8.20. The summed E-state index contributed by atoms with van der Waals surface area (Å²) in [5, 5.41) is 11.8. The Morgan fingerprint density at radius 1 is 1.10 bits per heavy atom. The van der Waals surface area contributed by atoms with Gasteiger partial charge in [0.15, 0.2) is 17.5 Å². The van der Waals surface area contributed by atoms with Crippen molar-refractivity contribution in [1.82, 2.24) is 9.88 Å². The van der Waals surface area contributed by atoms with Gasteiger partial charge in [0.2, 0.25) is 5.43 Å². The van der Waals surface area contributed by atoms with E-state index in [1.165, 1.54) is 9.47 Å². The van der Waals surface area contributed by atoms with E-state index < -0.39 is 45.5 Å². The molecule has 2 unspecified atom stereocenters. The lowest BCUT2D eigenvalue weighted by atomic mass is 9.94. The number of aromatic nitrogens is 1. The van der Waals surface area contributed by atoms with Gasteiger partial charge in [-0.15, -0.1) is 12.4 Å². The maximum atomic E-state index is 15.6. The molecule has 6 nitrogen and oxygen atoms in total. The minimum Gasteiger partial charge on any atom is -0.477 e. The average Bonchev–Trinajstić information content (AvgIpc) is 3.44. The quantitative estimate of drug-likeness (QED) is 0.713. The van der Waals surface area contributed by atoms with Crippen LogP contribution in [0, 0.1) is 23.4 Å². The first-order valence-corrected chi connectivity index (χ1v) is 9.85. The third-order valence-corrected chi connectivity index (χ3v) is 6.36. The highest BCUT2D eigenvalue weighted by molar-refractivity contribution is 5.94. The van der Waals surface area contributed by atoms with E-state index in [0.717, 1.165) is 25.6 Å². The fourth-order valence-corrected chi connectivity index (χ4v) is 4.78. The zero-order valence-electron chi connectivity index (χ0n) is 16.0. The van der Waals surface area contributed by atoms with E-state index in [9.17, 15) is 14.7 Å². The van der Waals surface area contributed by atoms with Crippen LogP contribution in [0.5, 0.6) is 0 Å². The number of carboxylic acids is 1. The molecule has 2 saturated heterocycles. The minimum atomic E-state index is -1.55. The van der Waals surface area contributed by atoms with Crippen molar-refractivity contribution in [2.24, 2.45) is 5.92 Å². The molecule has 3 heterocycles. The van der Waals surface area contributed by atoms with Crippen LogP contribution in [0.3, 0.4) is 0 Å². The molecule has 3 fully saturated rings. The monoisotopic (exact) mass is 443 g/mol. The molecule has 162 valence electrons. The number of nitrogens with zero attached hydrogens (tertiary/aromatic N) is 2. The van der Waals surface area contributed by atoms with Gasteiger partial charge in [-0.2, -0.15) is 0 Å². The van der Waals surface area contributed by atoms with Crippen molar-refractivity contribution in [1.29, 1.82) is 0 Å². The summed E-state index contributed by atoms with van der Waals surface area (Å²) in [6, 6.07) is -0.146. The summed E-state index contributed by atoms with van der Waals surface area (Å²) in [5.41, 5.74) is -2.71. The number of piperidine rings is 1. The fraction of sp³-hybridized carbons (Fsp3) is 0.500. The van der Waals surface area contributed by atoms with E-state index in [0.29, 0.717) is 25.9 Å². The molecule has 10 heteroatoms. The number of carboxylic acid groups (broad SMARTS) is 1. The van der Waals surface area contributed by atoms with Gasteiger partial charge in [0.1, 0.15) is 11.3 Å². The predicted molar refractivity (Wildman–Crippen MR) is 107 cm³/mol. The molecular formula is C20H21ClF3N3O3. The van der Waals surface area contributed by atoms with Crippen molar-refractivity contribution in [2.45, 2.75) is 37.8 Å². The number of pyridine rings is 1. The van der Waals surface area contributed by atoms with Crippen LogP contribution in [-0.4, -0.2) is 41.3 Å². The predicted octanol–water partition coefficient (Wildman–Crippen LogP) is 3.06. The van der Waals surface area contributed by atoms with E-state index in [1.807, 2.05) is 0 Å². The standard InChI is InChI=1S/C20H20F3N3O3.ClH/c21-14-13-17(26(10-3-4-10)7-11(19(13)27)20(28)29)16(23)18(15(14)22)25-6-9-2-1-5-24-12(9)8-25;/h7,9-10,12,24H,1-6,8H2,(H,28,29);1H. The molecule has 0 radical (unpaired) electrons. The third kappa shape index (κ3) is 3.06. The zero-order valence-corrected chi connectivity index (χ0v) is 16.8. The molecule has 1 aromatic heterocycles. The summed E-state index contributed by atoms with van der Waals surface area (Å²) in [7, 11) is 0. The average molecular weight is 444 g/mol. The second-order valence-electron chi connectivity index (χ2n) is 8.20. The van der Waals surface area contributed by atoms with Crippen LogP contribution in [0.4, 0.5) is 18.9 Å². The Morgan fingerprint density at radius 2 is 1.83 bits per heavy atom. The van der Waals surface area contributed by atoms with E-state index in [2.05, 4.69) is 5.32 Å². The van der Waals surface area contributed by atoms with Gasteiger partial charge in [-0.1, -0.05) is 0 Å². The molecule has 0 spiro atoms. The molecule has 1 aliphatic carbocycles. The molecular weight excluding hydrogens is 423 g/mol. The lowest BCUT2D eigenvalue weighted by Crippen LogP contribution is -2.40. The van der Waals surface area contributed by atoms with Gasteiger partial charge in [-0.05, 0) is 38.1 Å². The van der Waals surface area contributed by atoms with Gasteiger partial charge in [0.25, 0.3) is 0 Å². The number of nitrogens with one attached hydrogen (secondary N) is 1. The topological polar surface area (TPSA) is 74.6 Å². The van der Waals surface area contributed by atoms with Crippen molar-refractivity contribution in [3.05, 3.63) is 39.4 Å². The normalized spacial score (nSPS) is 23.4. The number of hydrogen-bond acceptors (Lipinski definition) is 4. The number of benzene rings is 1. The van der Waals surface area contributed by atoms with Crippen LogP contribution in [0.1, 0.15) is 42.1 Å². The molecule has 1 aromatic carbocycles. The van der Waals surface area contributed by atoms with E-state index in [4.69, 9.17) is 0 Å². The second kappa shape index (κ2) is 7.46. The van der Waals surface area contributed by atoms with Crippen LogP contribution in [-0.2, 0) is 0 Å². The van der Waals surface area contributed by atoms with E-state index >= 15 is 13.2 Å². The number of anilines is 1. The molecule has 30 heavy (non-hydrogen) atoms. The highest BCUT2D eigenvalue weighted by atomic mass is 35.5. The Morgan fingerprint density at radius 3 is 2.47 bits per heavy atom. The van der Waals surface area contributed by atoms with Crippen LogP contribution >= 0.6 is 12.4 Å². The highest BCUT2D eigenvalue weighted by Gasteiger charge is 2.39. The Labute approximate surface area is 176 Å². The van der Waals surface area contributed by atoms with Crippen LogP contribution in [0.25, 0.3) is 10.9 Å². The van der Waals surface area contributed by atoms with Crippen LogP contribution in [0.2, 0.25) is 0 Å². The maximum Gasteiger partial charge on any atom is 0.341 e. The molecule has 1 saturated carbocycles. The van der Waals surface area contributed by atoms with Crippen molar-refractivity contribution in [3.63, 3.8) is 0 Å². The summed E-state index contributed by atoms with van der Waals surface area (Å²) >= 11 is 0. The number of fused-ring (bicyclic) bond motifs is 2. The summed E-state index contributed by atoms with van der Waals surface area (Å²) in [4.78, 5) is 25.5. The fourth-order valence-electron chi connectivity index (χ4n) is 4.78. The largest absolute Gasteiger partial charge is 0.477 e. The Hall–Kier alpha value is -2.26. The van der Waals surface area contributed by atoms with Crippen LogP contribution in [0.15, 0.2) is 11.0 Å².